The van der Waals surface area contributed by atoms with Crippen molar-refractivity contribution >= 4 is 0 Å². The molecule has 1 heterocycles. The molecule has 4 heteroatoms. The van der Waals surface area contributed by atoms with Crippen molar-refractivity contribution in [1.29, 1.82) is 0 Å². The second kappa shape index (κ2) is 4.86. The van der Waals surface area contributed by atoms with E-state index in [0.29, 0.717) is 12.2 Å². The Hall–Kier alpha value is -1.13. The van der Waals surface area contributed by atoms with Crippen LogP contribution in [0.2, 0.25) is 0 Å². The first-order valence-corrected chi connectivity index (χ1v) is 6.25. The van der Waals surface area contributed by atoms with E-state index in [9.17, 15) is 9.50 Å². The zero-order chi connectivity index (χ0) is 13.3. The average Bonchev–Trinajstić information content (AvgIpc) is 2.30. The molecule has 100 valence electrons. The van der Waals surface area contributed by atoms with Gasteiger partial charge in [-0.3, -0.25) is 4.90 Å². The van der Waals surface area contributed by atoms with Gasteiger partial charge in [-0.1, -0.05) is 0 Å². The normalized spacial score (nSPS) is 21.8. The number of phenols is 1. The lowest BCUT2D eigenvalue weighted by Gasteiger charge is -2.41. The second-order valence-corrected chi connectivity index (χ2v) is 5.46. The van der Waals surface area contributed by atoms with Gasteiger partial charge in [-0.2, -0.15) is 0 Å². The van der Waals surface area contributed by atoms with Gasteiger partial charge in [0.25, 0.3) is 0 Å². The number of aromatic hydroxyl groups is 1. The molecule has 1 aromatic rings. The second-order valence-electron chi connectivity index (χ2n) is 5.46. The Morgan fingerprint density at radius 3 is 2.83 bits per heavy atom. The smallest absolute Gasteiger partial charge is 0.123 e. The average molecular weight is 253 g/mol. The summed E-state index contributed by atoms with van der Waals surface area (Å²) < 4.78 is 18.9. The zero-order valence-electron chi connectivity index (χ0n) is 11.1. The van der Waals surface area contributed by atoms with E-state index in [1.807, 2.05) is 20.8 Å². The van der Waals surface area contributed by atoms with Gasteiger partial charge in [0.15, 0.2) is 0 Å². The van der Waals surface area contributed by atoms with E-state index >= 15 is 0 Å². The summed E-state index contributed by atoms with van der Waals surface area (Å²) in [7, 11) is 0. The number of hydrogen-bond acceptors (Lipinski definition) is 3. The summed E-state index contributed by atoms with van der Waals surface area (Å²) in [5.74, 6) is -0.171. The third-order valence-corrected chi connectivity index (χ3v) is 3.44. The van der Waals surface area contributed by atoms with E-state index in [1.165, 1.54) is 18.2 Å². The van der Waals surface area contributed by atoms with Crippen LogP contribution in [0.3, 0.4) is 0 Å². The molecule has 2 rings (SSSR count). The molecule has 1 atom stereocenters. The van der Waals surface area contributed by atoms with Gasteiger partial charge in [0, 0.05) is 24.7 Å². The highest BCUT2D eigenvalue weighted by Crippen LogP contribution is 2.31. The lowest BCUT2D eigenvalue weighted by Crippen LogP contribution is -2.48. The van der Waals surface area contributed by atoms with E-state index in [4.69, 9.17) is 4.74 Å². The van der Waals surface area contributed by atoms with Gasteiger partial charge < -0.3 is 9.84 Å². The summed E-state index contributed by atoms with van der Waals surface area (Å²) in [5.41, 5.74) is 0.433. The number of phenolic OH excluding ortho intramolecular Hbond substituents is 1. The summed E-state index contributed by atoms with van der Waals surface area (Å²) in [5, 5.41) is 9.84. The molecular weight excluding hydrogens is 233 g/mol. The number of morpholine rings is 1. The van der Waals surface area contributed by atoms with E-state index in [0.717, 1.165) is 13.1 Å². The lowest BCUT2D eigenvalue weighted by molar-refractivity contribution is -0.0960. The van der Waals surface area contributed by atoms with Crippen LogP contribution in [0, 0.1) is 5.82 Å². The summed E-state index contributed by atoms with van der Waals surface area (Å²) in [4.78, 5) is 2.21. The van der Waals surface area contributed by atoms with Crippen LogP contribution in [-0.4, -0.2) is 35.3 Å². The molecule has 0 aromatic heterocycles. The van der Waals surface area contributed by atoms with Crippen molar-refractivity contribution in [2.45, 2.75) is 32.4 Å². The monoisotopic (exact) mass is 253 g/mol. The maximum atomic E-state index is 13.3. The van der Waals surface area contributed by atoms with Gasteiger partial charge in [0.2, 0.25) is 0 Å². The number of ether oxygens (including phenoxy) is 1. The Morgan fingerprint density at radius 1 is 1.44 bits per heavy atom. The number of rotatable bonds is 2. The molecule has 1 saturated heterocycles. The van der Waals surface area contributed by atoms with Crippen LogP contribution in [0.5, 0.6) is 5.75 Å². The van der Waals surface area contributed by atoms with Crippen molar-refractivity contribution in [2.24, 2.45) is 0 Å². The van der Waals surface area contributed by atoms with Gasteiger partial charge in [-0.05, 0) is 39.0 Å². The molecule has 1 fully saturated rings. The van der Waals surface area contributed by atoms with Crippen LogP contribution in [0.4, 0.5) is 4.39 Å². The van der Waals surface area contributed by atoms with Crippen LogP contribution in [0.25, 0.3) is 0 Å². The maximum Gasteiger partial charge on any atom is 0.123 e. The molecule has 1 N–H and O–H groups in total. The molecule has 1 aliphatic heterocycles. The van der Waals surface area contributed by atoms with E-state index in [2.05, 4.69) is 4.90 Å². The topological polar surface area (TPSA) is 32.7 Å². The highest BCUT2D eigenvalue weighted by Gasteiger charge is 2.31. The Bertz CT molecular complexity index is 434. The van der Waals surface area contributed by atoms with Crippen molar-refractivity contribution in [3.63, 3.8) is 0 Å². The fourth-order valence-corrected chi connectivity index (χ4v) is 2.44. The molecule has 1 unspecified atom stereocenters. The van der Waals surface area contributed by atoms with Crippen molar-refractivity contribution in [3.05, 3.63) is 29.6 Å². The van der Waals surface area contributed by atoms with Crippen LogP contribution >= 0.6 is 0 Å². The molecule has 1 aliphatic rings. The standard InChI is InChI=1S/C14H20FNO2/c1-10(12-8-11(15)4-5-13(12)17)16-6-7-18-14(2,3)9-16/h4-5,8,10,17H,6-7,9H2,1-3H3. The molecule has 18 heavy (non-hydrogen) atoms. The predicted octanol–water partition coefficient (Wildman–Crippen LogP) is 2.70. The molecule has 1 aromatic carbocycles. The van der Waals surface area contributed by atoms with Crippen molar-refractivity contribution in [3.8, 4) is 5.75 Å². The molecule has 0 spiro atoms. The Labute approximate surface area is 107 Å². The fraction of sp³-hybridized carbons (Fsp3) is 0.571. The minimum atomic E-state index is -0.317. The third-order valence-electron chi connectivity index (χ3n) is 3.44. The third kappa shape index (κ3) is 2.82. The number of halogens is 1. The highest BCUT2D eigenvalue weighted by molar-refractivity contribution is 5.35. The van der Waals surface area contributed by atoms with Crippen molar-refractivity contribution in [1.82, 2.24) is 4.90 Å². The van der Waals surface area contributed by atoms with Gasteiger partial charge in [-0.25, -0.2) is 4.39 Å². The largest absolute Gasteiger partial charge is 0.508 e. The van der Waals surface area contributed by atoms with E-state index in [-0.39, 0.29) is 23.2 Å². The molecule has 0 aliphatic carbocycles. The van der Waals surface area contributed by atoms with E-state index < -0.39 is 0 Å². The van der Waals surface area contributed by atoms with Crippen molar-refractivity contribution in [2.75, 3.05) is 19.7 Å². The summed E-state index contributed by atoms with van der Waals surface area (Å²) >= 11 is 0. The van der Waals surface area contributed by atoms with Gasteiger partial charge >= 0.3 is 0 Å². The molecule has 0 saturated carbocycles. The Balaban J connectivity index is 2.20. The van der Waals surface area contributed by atoms with Crippen molar-refractivity contribution < 1.29 is 14.2 Å². The van der Waals surface area contributed by atoms with Crippen LogP contribution in [0.15, 0.2) is 18.2 Å². The van der Waals surface area contributed by atoms with Gasteiger partial charge in [0.1, 0.15) is 11.6 Å². The zero-order valence-corrected chi connectivity index (χ0v) is 11.1. The molecule has 0 bridgehead atoms. The van der Waals surface area contributed by atoms with Crippen LogP contribution in [-0.2, 0) is 4.74 Å². The quantitative estimate of drug-likeness (QED) is 0.879. The number of nitrogens with zero attached hydrogens (tertiary/aromatic N) is 1. The maximum absolute atomic E-state index is 13.3. The molecule has 0 amide bonds. The summed E-state index contributed by atoms with van der Waals surface area (Å²) in [6.45, 7) is 8.28. The summed E-state index contributed by atoms with van der Waals surface area (Å²) in [6, 6.07) is 4.06. The van der Waals surface area contributed by atoms with E-state index in [1.54, 1.807) is 0 Å². The first-order chi connectivity index (χ1) is 8.39. The fourth-order valence-electron chi connectivity index (χ4n) is 2.44. The predicted molar refractivity (Wildman–Crippen MR) is 68.1 cm³/mol. The minimum absolute atomic E-state index is 0.0242. The van der Waals surface area contributed by atoms with Crippen LogP contribution in [0.1, 0.15) is 32.4 Å². The van der Waals surface area contributed by atoms with Gasteiger partial charge in [-0.15, -0.1) is 0 Å². The minimum Gasteiger partial charge on any atom is -0.508 e. The van der Waals surface area contributed by atoms with Gasteiger partial charge in [0.05, 0.1) is 12.2 Å². The molecule has 3 nitrogen and oxygen atoms in total. The molecule has 0 radical (unpaired) electrons. The first-order valence-electron chi connectivity index (χ1n) is 6.25. The Morgan fingerprint density at radius 2 is 2.17 bits per heavy atom. The van der Waals surface area contributed by atoms with Crippen LogP contribution < -0.4 is 0 Å². The highest BCUT2D eigenvalue weighted by atomic mass is 19.1. The molecular formula is C14H20FNO2. The summed E-state index contributed by atoms with van der Waals surface area (Å²) in [6.07, 6.45) is 0. The lowest BCUT2D eigenvalue weighted by atomic mass is 10.0. The first kappa shape index (κ1) is 13.3. The number of hydrogen-bond donors (Lipinski definition) is 1. The number of benzene rings is 1. The Kier molecular flexibility index (Phi) is 3.59. The SMILES string of the molecule is CC(c1cc(F)ccc1O)N1CCOC(C)(C)C1.